The van der Waals surface area contributed by atoms with E-state index in [1.807, 2.05) is 98.4 Å². The van der Waals surface area contributed by atoms with Crippen LogP contribution in [0.3, 0.4) is 0 Å². The quantitative estimate of drug-likeness (QED) is 0.181. The van der Waals surface area contributed by atoms with Gasteiger partial charge in [-0.2, -0.15) is 5.10 Å². The van der Waals surface area contributed by atoms with Crippen molar-refractivity contribution in [3.05, 3.63) is 125 Å². The molecule has 0 fully saturated rings. The van der Waals surface area contributed by atoms with Crippen LogP contribution in [-0.2, 0) is 24.2 Å². The summed E-state index contributed by atoms with van der Waals surface area (Å²) in [5, 5.41) is 8.12. The minimum absolute atomic E-state index is 0.201. The second kappa shape index (κ2) is 12.4. The van der Waals surface area contributed by atoms with Gasteiger partial charge >= 0.3 is 5.97 Å². The molecule has 0 atom stereocenters. The van der Waals surface area contributed by atoms with Crippen LogP contribution in [0.1, 0.15) is 58.3 Å². The number of para-hydroxylation sites is 1. The maximum absolute atomic E-state index is 13.6. The molecule has 1 aliphatic rings. The Hall–Kier alpha value is -5.35. The van der Waals surface area contributed by atoms with Gasteiger partial charge in [0, 0.05) is 36.0 Å². The number of carbonyl (C=O) groups excluding carboxylic acids is 2. The zero-order valence-corrected chi connectivity index (χ0v) is 27.3. The summed E-state index contributed by atoms with van der Waals surface area (Å²) in [7, 11) is 0. The highest BCUT2D eigenvalue weighted by Gasteiger charge is 2.27. The number of esters is 1. The number of amides is 1. The average molecular weight is 643 g/mol. The number of carbonyl (C=O) groups is 2. The predicted octanol–water partition coefficient (Wildman–Crippen LogP) is 7.37. The van der Waals surface area contributed by atoms with Gasteiger partial charge in [0.25, 0.3) is 5.91 Å². The Morgan fingerprint density at radius 3 is 2.55 bits per heavy atom. The molecule has 0 aliphatic carbocycles. The zero-order valence-electron chi connectivity index (χ0n) is 26.4. The molecule has 0 bridgehead atoms. The fourth-order valence-electron chi connectivity index (χ4n) is 5.78. The lowest BCUT2D eigenvalue weighted by Gasteiger charge is -2.31. The van der Waals surface area contributed by atoms with E-state index in [0.29, 0.717) is 41.7 Å². The normalized spacial score (nSPS) is 13.0. The summed E-state index contributed by atoms with van der Waals surface area (Å²) in [6.45, 7) is 7.29. The molecular formula is C37H34N6O3S. The largest absolute Gasteiger partial charge is 0.455 e. The summed E-state index contributed by atoms with van der Waals surface area (Å²) in [6.07, 6.45) is 4.40. The van der Waals surface area contributed by atoms with Crippen LogP contribution < -0.4 is 10.2 Å². The Morgan fingerprint density at radius 2 is 1.74 bits per heavy atom. The van der Waals surface area contributed by atoms with Gasteiger partial charge in [-0.05, 0) is 74.2 Å². The molecule has 6 aromatic rings. The highest BCUT2D eigenvalue weighted by Crippen LogP contribution is 2.32. The fraction of sp³-hybridized carbons (Fsp3) is 0.216. The number of nitrogens with zero attached hydrogens (tertiary/aromatic N) is 5. The summed E-state index contributed by atoms with van der Waals surface area (Å²) >= 11 is 1.45. The Bertz CT molecular complexity index is 2060. The van der Waals surface area contributed by atoms with Crippen LogP contribution in [0.4, 0.5) is 10.9 Å². The Morgan fingerprint density at radius 1 is 0.936 bits per heavy atom. The molecule has 0 saturated heterocycles. The molecular weight excluding hydrogens is 609 g/mol. The highest BCUT2D eigenvalue weighted by atomic mass is 32.1. The molecule has 47 heavy (non-hydrogen) atoms. The van der Waals surface area contributed by atoms with Crippen LogP contribution in [0.5, 0.6) is 0 Å². The van der Waals surface area contributed by atoms with Gasteiger partial charge in [0.05, 0.1) is 23.0 Å². The van der Waals surface area contributed by atoms with E-state index in [2.05, 4.69) is 38.5 Å². The van der Waals surface area contributed by atoms with Crippen molar-refractivity contribution in [2.24, 2.45) is 0 Å². The van der Waals surface area contributed by atoms with Crippen LogP contribution in [0, 0.1) is 0 Å². The fourth-order valence-corrected chi connectivity index (χ4v) is 6.64. The van der Waals surface area contributed by atoms with E-state index in [1.54, 1.807) is 6.20 Å². The molecule has 0 saturated carbocycles. The molecule has 0 unspecified atom stereocenters. The maximum atomic E-state index is 13.6. The van der Waals surface area contributed by atoms with Gasteiger partial charge in [0.15, 0.2) is 10.8 Å². The number of ether oxygens (including phenoxy) is 1. The smallest absolute Gasteiger partial charge is 0.358 e. The van der Waals surface area contributed by atoms with Crippen molar-refractivity contribution in [3.8, 4) is 11.1 Å². The van der Waals surface area contributed by atoms with Gasteiger partial charge in [-0.1, -0.05) is 65.9 Å². The summed E-state index contributed by atoms with van der Waals surface area (Å²) in [6, 6.07) is 27.6. The molecule has 1 N–H and O–H groups in total. The highest BCUT2D eigenvalue weighted by molar-refractivity contribution is 7.22. The van der Waals surface area contributed by atoms with E-state index in [-0.39, 0.29) is 11.6 Å². The molecule has 0 spiro atoms. The Labute approximate surface area is 276 Å². The summed E-state index contributed by atoms with van der Waals surface area (Å²) < 4.78 is 8.67. The monoisotopic (exact) mass is 642 g/mol. The first kappa shape index (κ1) is 30.3. The molecule has 7 rings (SSSR count). The van der Waals surface area contributed by atoms with Gasteiger partial charge in [-0.3, -0.25) is 14.8 Å². The van der Waals surface area contributed by atoms with E-state index in [1.165, 1.54) is 11.3 Å². The van der Waals surface area contributed by atoms with Crippen LogP contribution in [0.15, 0.2) is 97.3 Å². The molecule has 10 heteroatoms. The molecule has 0 radical (unpaired) electrons. The van der Waals surface area contributed by atoms with Gasteiger partial charge in [0.2, 0.25) is 0 Å². The summed E-state index contributed by atoms with van der Waals surface area (Å²) in [4.78, 5) is 38.7. The SMILES string of the molecule is CC(C)(C)OC(=O)c1nc(N2CCc3cccc(C(=O)Nc4nc5ccccc5s4)c3C2)ccc1-c1cnn(Cc2ccccc2)c1. The maximum Gasteiger partial charge on any atom is 0.358 e. The number of fused-ring (bicyclic) bond motifs is 2. The van der Waals surface area contributed by atoms with Crippen molar-refractivity contribution < 1.29 is 14.3 Å². The standard InChI is InChI=1S/C37H34N6O3S/c1-37(2,3)46-35(45)33-27(26-20-38-43(22-26)21-24-10-5-4-6-11-24)16-17-32(40-33)42-19-18-25-12-9-13-28(29(25)23-42)34(44)41-36-39-30-14-7-8-15-31(30)47-36/h4-17,20,22H,18-19,21,23H2,1-3H3,(H,39,41,44). The minimum atomic E-state index is -0.695. The number of thiazole rings is 1. The molecule has 3 aromatic heterocycles. The lowest BCUT2D eigenvalue weighted by molar-refractivity contribution is 0.00638. The van der Waals surface area contributed by atoms with Crippen molar-refractivity contribution in [1.29, 1.82) is 0 Å². The molecule has 9 nitrogen and oxygen atoms in total. The van der Waals surface area contributed by atoms with E-state index in [9.17, 15) is 9.59 Å². The summed E-state index contributed by atoms with van der Waals surface area (Å²) in [5.41, 5.74) is 5.59. The lowest BCUT2D eigenvalue weighted by atomic mass is 9.94. The lowest BCUT2D eigenvalue weighted by Crippen LogP contribution is -2.33. The van der Waals surface area contributed by atoms with Crippen molar-refractivity contribution >= 4 is 44.4 Å². The second-order valence-electron chi connectivity index (χ2n) is 12.5. The van der Waals surface area contributed by atoms with Crippen molar-refractivity contribution in [1.82, 2.24) is 19.7 Å². The van der Waals surface area contributed by atoms with Gasteiger partial charge < -0.3 is 9.64 Å². The first-order valence-electron chi connectivity index (χ1n) is 15.5. The first-order chi connectivity index (χ1) is 22.7. The molecule has 3 aromatic carbocycles. The van der Waals surface area contributed by atoms with E-state index < -0.39 is 11.6 Å². The first-order valence-corrected chi connectivity index (χ1v) is 16.4. The third-order valence-electron chi connectivity index (χ3n) is 7.96. The van der Waals surface area contributed by atoms with Crippen molar-refractivity contribution in [2.45, 2.75) is 45.9 Å². The number of pyridine rings is 1. The van der Waals surface area contributed by atoms with E-state index >= 15 is 0 Å². The number of benzene rings is 3. The van der Waals surface area contributed by atoms with Crippen LogP contribution in [-0.4, -0.2) is 43.8 Å². The molecule has 1 amide bonds. The van der Waals surface area contributed by atoms with Gasteiger partial charge in [0.1, 0.15) is 11.4 Å². The Kier molecular flexibility index (Phi) is 8.03. The average Bonchev–Trinajstić information content (AvgIpc) is 3.70. The zero-order chi connectivity index (χ0) is 32.5. The van der Waals surface area contributed by atoms with Crippen LogP contribution in [0.2, 0.25) is 0 Å². The number of nitrogens with one attached hydrogen (secondary N) is 1. The number of anilines is 2. The van der Waals surface area contributed by atoms with Crippen molar-refractivity contribution in [2.75, 3.05) is 16.8 Å². The van der Waals surface area contributed by atoms with Crippen LogP contribution >= 0.6 is 11.3 Å². The number of hydrogen-bond acceptors (Lipinski definition) is 8. The molecule has 236 valence electrons. The second-order valence-corrected chi connectivity index (χ2v) is 13.6. The van der Waals surface area contributed by atoms with Crippen molar-refractivity contribution in [3.63, 3.8) is 0 Å². The minimum Gasteiger partial charge on any atom is -0.455 e. The number of hydrogen-bond donors (Lipinski definition) is 1. The Balaban J connectivity index is 1.17. The third-order valence-corrected chi connectivity index (χ3v) is 8.91. The van der Waals surface area contributed by atoms with Gasteiger partial charge in [-0.15, -0.1) is 0 Å². The van der Waals surface area contributed by atoms with Gasteiger partial charge in [-0.25, -0.2) is 14.8 Å². The summed E-state index contributed by atoms with van der Waals surface area (Å²) in [5.74, 6) is -0.0650. The molecule has 4 heterocycles. The van der Waals surface area contributed by atoms with E-state index in [4.69, 9.17) is 9.72 Å². The third kappa shape index (κ3) is 6.64. The number of aromatic nitrogens is 4. The molecule has 1 aliphatic heterocycles. The number of rotatable bonds is 7. The predicted molar refractivity (Wildman–Crippen MR) is 185 cm³/mol. The topological polar surface area (TPSA) is 102 Å². The van der Waals surface area contributed by atoms with E-state index in [0.717, 1.165) is 38.9 Å². The van der Waals surface area contributed by atoms with Crippen LogP contribution in [0.25, 0.3) is 21.3 Å².